The molecule has 0 bridgehead atoms. The van der Waals surface area contributed by atoms with E-state index < -0.39 is 10.0 Å². The minimum Gasteiger partial charge on any atom is -0.337 e. The molecule has 0 spiro atoms. The summed E-state index contributed by atoms with van der Waals surface area (Å²) in [5.41, 5.74) is 1.19. The summed E-state index contributed by atoms with van der Waals surface area (Å²) < 4.78 is 30.5. The van der Waals surface area contributed by atoms with Crippen LogP contribution < -0.4 is 0 Å². The number of aromatic nitrogens is 4. The number of nitrogens with zero attached hydrogens (tertiary/aromatic N) is 6. The fraction of sp³-hybridized carbons (Fsp3) is 0.600. The van der Waals surface area contributed by atoms with E-state index in [1.165, 1.54) is 10.00 Å². The number of piperazine rings is 1. The normalized spacial score (nSPS) is 17.5. The number of rotatable bonds is 5. The maximum Gasteiger partial charge on any atom is 0.262 e. The largest absolute Gasteiger partial charge is 0.337 e. The summed E-state index contributed by atoms with van der Waals surface area (Å²) in [6.07, 6.45) is 4.30. The molecule has 0 aliphatic carbocycles. The second-order valence-electron chi connectivity index (χ2n) is 6.18. The van der Waals surface area contributed by atoms with Gasteiger partial charge in [-0.2, -0.15) is 9.40 Å². The van der Waals surface area contributed by atoms with Crippen LogP contribution in [0.2, 0.25) is 0 Å². The highest BCUT2D eigenvalue weighted by atomic mass is 32.2. The smallest absolute Gasteiger partial charge is 0.262 e. The van der Waals surface area contributed by atoms with E-state index in [1.54, 1.807) is 30.9 Å². The van der Waals surface area contributed by atoms with Crippen LogP contribution in [0.4, 0.5) is 0 Å². The van der Waals surface area contributed by atoms with Crippen molar-refractivity contribution in [2.45, 2.75) is 18.4 Å². The third kappa shape index (κ3) is 3.38. The van der Waals surface area contributed by atoms with E-state index in [-0.39, 0.29) is 5.03 Å². The summed E-state index contributed by atoms with van der Waals surface area (Å²) in [4.78, 5) is 6.46. The van der Waals surface area contributed by atoms with Gasteiger partial charge in [-0.3, -0.25) is 4.68 Å². The zero-order chi connectivity index (χ0) is 17.3. The lowest BCUT2D eigenvalue weighted by Gasteiger charge is -2.33. The first-order chi connectivity index (χ1) is 11.4. The summed E-state index contributed by atoms with van der Waals surface area (Å²) in [6.45, 7) is 5.20. The Hall–Kier alpha value is -1.71. The molecule has 2 aromatic rings. The van der Waals surface area contributed by atoms with Gasteiger partial charge in [0.2, 0.25) is 0 Å². The third-order valence-corrected chi connectivity index (χ3v) is 6.40. The van der Waals surface area contributed by atoms with Crippen molar-refractivity contribution in [3.05, 3.63) is 30.0 Å². The van der Waals surface area contributed by atoms with Crippen molar-refractivity contribution < 1.29 is 8.42 Å². The SMILES string of the molecule is Cc1nc(S(=O)(=O)N2CCN(CCc3ccnn3C)CC2)cn1C. The lowest BCUT2D eigenvalue weighted by atomic mass is 10.2. The Labute approximate surface area is 142 Å². The molecule has 1 aliphatic heterocycles. The maximum absolute atomic E-state index is 12.7. The molecule has 0 radical (unpaired) electrons. The summed E-state index contributed by atoms with van der Waals surface area (Å²) in [7, 11) is 0.251. The van der Waals surface area contributed by atoms with Crippen LogP contribution in [0.3, 0.4) is 0 Å². The van der Waals surface area contributed by atoms with Crippen molar-refractivity contribution in [1.82, 2.24) is 28.5 Å². The van der Waals surface area contributed by atoms with Crippen molar-refractivity contribution in [1.29, 1.82) is 0 Å². The zero-order valence-corrected chi connectivity index (χ0v) is 15.2. The first kappa shape index (κ1) is 17.1. The number of hydrogen-bond acceptors (Lipinski definition) is 5. The highest BCUT2D eigenvalue weighted by molar-refractivity contribution is 7.89. The highest BCUT2D eigenvalue weighted by Gasteiger charge is 2.30. The summed E-state index contributed by atoms with van der Waals surface area (Å²) >= 11 is 0. The second-order valence-corrected chi connectivity index (χ2v) is 8.06. The summed E-state index contributed by atoms with van der Waals surface area (Å²) in [6, 6.07) is 2.02. The van der Waals surface area contributed by atoms with Crippen LogP contribution in [-0.4, -0.2) is 69.7 Å². The van der Waals surface area contributed by atoms with E-state index in [0.29, 0.717) is 18.9 Å². The fourth-order valence-electron chi connectivity index (χ4n) is 2.90. The van der Waals surface area contributed by atoms with Gasteiger partial charge in [0, 0.05) is 71.3 Å². The predicted molar refractivity (Wildman–Crippen MR) is 90.1 cm³/mol. The number of imidazole rings is 1. The minimum absolute atomic E-state index is 0.144. The molecular formula is C15H24N6O2S. The van der Waals surface area contributed by atoms with Crippen LogP contribution in [0.25, 0.3) is 0 Å². The predicted octanol–water partition coefficient (Wildman–Crippen LogP) is 0.0110. The lowest BCUT2D eigenvalue weighted by Crippen LogP contribution is -2.49. The molecular weight excluding hydrogens is 328 g/mol. The van der Waals surface area contributed by atoms with Crippen molar-refractivity contribution in [2.24, 2.45) is 14.1 Å². The van der Waals surface area contributed by atoms with Gasteiger partial charge in [0.15, 0.2) is 5.03 Å². The van der Waals surface area contributed by atoms with Gasteiger partial charge < -0.3 is 9.47 Å². The summed E-state index contributed by atoms with van der Waals surface area (Å²) in [5, 5.41) is 4.31. The van der Waals surface area contributed by atoms with E-state index in [4.69, 9.17) is 0 Å². The Morgan fingerprint density at radius 2 is 1.88 bits per heavy atom. The van der Waals surface area contributed by atoms with E-state index in [1.807, 2.05) is 17.8 Å². The van der Waals surface area contributed by atoms with Gasteiger partial charge in [0.1, 0.15) is 5.82 Å². The second kappa shape index (κ2) is 6.66. The van der Waals surface area contributed by atoms with Gasteiger partial charge >= 0.3 is 0 Å². The molecule has 0 amide bonds. The molecule has 3 rings (SSSR count). The van der Waals surface area contributed by atoms with Crippen LogP contribution in [-0.2, 0) is 30.5 Å². The van der Waals surface area contributed by atoms with Crippen molar-refractivity contribution in [3.8, 4) is 0 Å². The Balaban J connectivity index is 1.57. The first-order valence-corrected chi connectivity index (χ1v) is 9.51. The van der Waals surface area contributed by atoms with Gasteiger partial charge in [-0.25, -0.2) is 13.4 Å². The van der Waals surface area contributed by atoms with Crippen molar-refractivity contribution in [3.63, 3.8) is 0 Å². The van der Waals surface area contributed by atoms with Crippen LogP contribution in [0, 0.1) is 6.92 Å². The van der Waals surface area contributed by atoms with Gasteiger partial charge in [0.05, 0.1) is 0 Å². The molecule has 2 aromatic heterocycles. The molecule has 132 valence electrons. The Kier molecular flexibility index (Phi) is 4.75. The number of sulfonamides is 1. The number of aryl methyl sites for hydroxylation is 3. The van der Waals surface area contributed by atoms with Crippen molar-refractivity contribution >= 4 is 10.0 Å². The van der Waals surface area contributed by atoms with Gasteiger partial charge in [-0.1, -0.05) is 0 Å². The lowest BCUT2D eigenvalue weighted by molar-refractivity contribution is 0.189. The molecule has 24 heavy (non-hydrogen) atoms. The standard InChI is InChI=1S/C15H24N6O2S/c1-13-17-15(12-18(13)2)24(22,23)21-10-8-20(9-11-21)7-5-14-4-6-16-19(14)3/h4,6,12H,5,7-11H2,1-3H3. The average molecular weight is 352 g/mol. The van der Waals surface area contributed by atoms with Gasteiger partial charge in [0.25, 0.3) is 10.0 Å². The monoisotopic (exact) mass is 352 g/mol. The minimum atomic E-state index is -3.49. The Bertz CT molecular complexity index is 782. The summed E-state index contributed by atoms with van der Waals surface area (Å²) in [5.74, 6) is 0.698. The molecule has 0 atom stereocenters. The fourth-order valence-corrected chi connectivity index (χ4v) is 4.34. The molecule has 9 heteroatoms. The van der Waals surface area contributed by atoms with Gasteiger partial charge in [-0.05, 0) is 13.0 Å². The van der Waals surface area contributed by atoms with E-state index in [0.717, 1.165) is 26.1 Å². The Morgan fingerprint density at radius 1 is 1.17 bits per heavy atom. The van der Waals surface area contributed by atoms with Crippen LogP contribution in [0.15, 0.2) is 23.5 Å². The molecule has 1 fully saturated rings. The maximum atomic E-state index is 12.7. The van der Waals surface area contributed by atoms with E-state index in [2.05, 4.69) is 15.0 Å². The van der Waals surface area contributed by atoms with Crippen LogP contribution in [0.1, 0.15) is 11.5 Å². The average Bonchev–Trinajstić information content (AvgIpc) is 3.12. The molecule has 0 unspecified atom stereocenters. The van der Waals surface area contributed by atoms with Crippen LogP contribution in [0.5, 0.6) is 0 Å². The molecule has 0 aromatic carbocycles. The Morgan fingerprint density at radius 3 is 2.42 bits per heavy atom. The zero-order valence-electron chi connectivity index (χ0n) is 14.4. The van der Waals surface area contributed by atoms with E-state index >= 15 is 0 Å². The highest BCUT2D eigenvalue weighted by Crippen LogP contribution is 2.17. The first-order valence-electron chi connectivity index (χ1n) is 8.07. The topological polar surface area (TPSA) is 76.3 Å². The van der Waals surface area contributed by atoms with E-state index in [9.17, 15) is 8.42 Å². The molecule has 0 N–H and O–H groups in total. The molecule has 1 aliphatic rings. The molecule has 8 nitrogen and oxygen atoms in total. The molecule has 0 saturated carbocycles. The van der Waals surface area contributed by atoms with Crippen LogP contribution >= 0.6 is 0 Å². The van der Waals surface area contributed by atoms with Gasteiger partial charge in [-0.15, -0.1) is 0 Å². The van der Waals surface area contributed by atoms with Crippen molar-refractivity contribution in [2.75, 3.05) is 32.7 Å². The third-order valence-electron chi connectivity index (χ3n) is 4.63. The molecule has 3 heterocycles. The quantitative estimate of drug-likeness (QED) is 0.758. The molecule has 1 saturated heterocycles. The number of hydrogen-bond donors (Lipinski definition) is 0.